The van der Waals surface area contributed by atoms with Gasteiger partial charge >= 0.3 is 0 Å². The number of rotatable bonds is 4. The van der Waals surface area contributed by atoms with Gasteiger partial charge in [0.25, 0.3) is 0 Å². The first-order chi connectivity index (χ1) is 9.86. The Balaban J connectivity index is 1.83. The fourth-order valence-electron chi connectivity index (χ4n) is 3.35. The molecule has 3 nitrogen and oxygen atoms in total. The maximum Gasteiger partial charge on any atom is 0.157 e. The zero-order chi connectivity index (χ0) is 15.5. The second kappa shape index (κ2) is 6.91. The van der Waals surface area contributed by atoms with Gasteiger partial charge in [-0.25, -0.2) is 0 Å². The Morgan fingerprint density at radius 2 is 2.05 bits per heavy atom. The molecule has 0 aliphatic carbocycles. The number of aliphatic imine (C=N–C) groups is 1. The fraction of sp³-hybridized carbons (Fsp3) is 0.941. The van der Waals surface area contributed by atoms with E-state index >= 15 is 0 Å². The summed E-state index contributed by atoms with van der Waals surface area (Å²) < 4.78 is 6.06. The topological polar surface area (TPSA) is 33.6 Å². The van der Waals surface area contributed by atoms with Gasteiger partial charge in [-0.15, -0.1) is 0 Å². The van der Waals surface area contributed by atoms with Crippen LogP contribution in [0, 0.1) is 5.41 Å². The summed E-state index contributed by atoms with van der Waals surface area (Å²) in [5.74, 6) is 0. The first-order valence-electron chi connectivity index (χ1n) is 8.47. The van der Waals surface area contributed by atoms with E-state index in [1.165, 1.54) is 6.42 Å². The molecule has 21 heavy (non-hydrogen) atoms. The molecular weight excluding hydrogens is 280 g/mol. The number of hydrogen-bond donors (Lipinski definition) is 1. The van der Waals surface area contributed by atoms with E-state index in [1.54, 1.807) is 0 Å². The molecule has 2 aliphatic rings. The molecule has 2 atom stereocenters. The van der Waals surface area contributed by atoms with Crippen molar-refractivity contribution in [1.82, 2.24) is 5.32 Å². The number of nitrogens with zero attached hydrogens (tertiary/aromatic N) is 1. The number of thioether (sulfide) groups is 1. The molecule has 0 aromatic rings. The van der Waals surface area contributed by atoms with Crippen LogP contribution in [-0.4, -0.2) is 35.2 Å². The average Bonchev–Trinajstić information content (AvgIpc) is 2.83. The van der Waals surface area contributed by atoms with Crippen LogP contribution in [0.2, 0.25) is 0 Å². The van der Waals surface area contributed by atoms with Crippen molar-refractivity contribution in [3.05, 3.63) is 0 Å². The lowest BCUT2D eigenvalue weighted by Crippen LogP contribution is -2.47. The SMILES string of the molecule is CCC1(CC)CC(NC2=NCC(CC(C)(C)C)S2)CCO1. The lowest BCUT2D eigenvalue weighted by Gasteiger charge is -2.40. The van der Waals surface area contributed by atoms with Crippen molar-refractivity contribution in [3.8, 4) is 0 Å². The third-order valence-corrected chi connectivity index (χ3v) is 5.79. The van der Waals surface area contributed by atoms with Crippen LogP contribution in [0.3, 0.4) is 0 Å². The predicted molar refractivity (Wildman–Crippen MR) is 93.2 cm³/mol. The predicted octanol–water partition coefficient (Wildman–Crippen LogP) is 4.22. The Morgan fingerprint density at radius 3 is 2.67 bits per heavy atom. The van der Waals surface area contributed by atoms with E-state index in [1.807, 2.05) is 11.8 Å². The smallest absolute Gasteiger partial charge is 0.157 e. The van der Waals surface area contributed by atoms with Crippen molar-refractivity contribution in [3.63, 3.8) is 0 Å². The van der Waals surface area contributed by atoms with Crippen LogP contribution < -0.4 is 5.32 Å². The average molecular weight is 313 g/mol. The highest BCUT2D eigenvalue weighted by Crippen LogP contribution is 2.34. The van der Waals surface area contributed by atoms with E-state index in [2.05, 4.69) is 39.9 Å². The number of nitrogens with one attached hydrogen (secondary N) is 1. The third kappa shape index (κ3) is 4.88. The van der Waals surface area contributed by atoms with Gasteiger partial charge in [0.15, 0.2) is 5.17 Å². The van der Waals surface area contributed by atoms with Gasteiger partial charge in [0.2, 0.25) is 0 Å². The normalized spacial score (nSPS) is 29.3. The second-order valence-corrected chi connectivity index (χ2v) is 9.01. The van der Waals surface area contributed by atoms with E-state index in [0.717, 1.165) is 44.0 Å². The summed E-state index contributed by atoms with van der Waals surface area (Å²) in [4.78, 5) is 4.72. The Morgan fingerprint density at radius 1 is 1.33 bits per heavy atom. The highest BCUT2D eigenvalue weighted by atomic mass is 32.2. The molecule has 0 aromatic heterocycles. The molecule has 0 saturated carbocycles. The summed E-state index contributed by atoms with van der Waals surface area (Å²) in [6.07, 6.45) is 5.66. The molecule has 2 aliphatic heterocycles. The molecule has 2 unspecified atom stereocenters. The summed E-state index contributed by atoms with van der Waals surface area (Å²) in [7, 11) is 0. The Labute approximate surface area is 134 Å². The van der Waals surface area contributed by atoms with E-state index in [0.29, 0.717) is 16.7 Å². The molecule has 2 rings (SSSR count). The van der Waals surface area contributed by atoms with Crippen LogP contribution >= 0.6 is 11.8 Å². The largest absolute Gasteiger partial charge is 0.375 e. The molecule has 4 heteroatoms. The lowest BCUT2D eigenvalue weighted by molar-refractivity contribution is -0.0909. The minimum atomic E-state index is 0.0879. The van der Waals surface area contributed by atoms with Crippen LogP contribution in [0.4, 0.5) is 0 Å². The Kier molecular flexibility index (Phi) is 5.64. The first-order valence-corrected chi connectivity index (χ1v) is 9.35. The van der Waals surface area contributed by atoms with Gasteiger partial charge in [0.05, 0.1) is 12.1 Å². The van der Waals surface area contributed by atoms with Gasteiger partial charge in [-0.3, -0.25) is 4.99 Å². The van der Waals surface area contributed by atoms with Crippen LogP contribution in [0.1, 0.15) is 66.7 Å². The van der Waals surface area contributed by atoms with Crippen LogP contribution in [-0.2, 0) is 4.74 Å². The fourth-order valence-corrected chi connectivity index (χ4v) is 4.79. The van der Waals surface area contributed by atoms with E-state index < -0.39 is 0 Å². The van der Waals surface area contributed by atoms with Crippen LogP contribution in [0.15, 0.2) is 4.99 Å². The number of amidine groups is 1. The number of hydrogen-bond acceptors (Lipinski definition) is 4. The van der Waals surface area contributed by atoms with Gasteiger partial charge in [0, 0.05) is 17.9 Å². The van der Waals surface area contributed by atoms with Gasteiger partial charge in [-0.2, -0.15) is 0 Å². The monoisotopic (exact) mass is 312 g/mol. The summed E-state index contributed by atoms with van der Waals surface area (Å²) in [5.41, 5.74) is 0.478. The molecule has 0 aromatic carbocycles. The second-order valence-electron chi connectivity index (χ2n) is 7.72. The van der Waals surface area contributed by atoms with Crippen molar-refractivity contribution < 1.29 is 4.74 Å². The summed E-state index contributed by atoms with van der Waals surface area (Å²) >= 11 is 1.94. The zero-order valence-electron chi connectivity index (χ0n) is 14.4. The van der Waals surface area contributed by atoms with E-state index in [-0.39, 0.29) is 5.60 Å². The van der Waals surface area contributed by atoms with Crippen LogP contribution in [0.5, 0.6) is 0 Å². The van der Waals surface area contributed by atoms with Crippen molar-refractivity contribution in [2.75, 3.05) is 13.2 Å². The van der Waals surface area contributed by atoms with Gasteiger partial charge in [-0.1, -0.05) is 46.4 Å². The Hall–Kier alpha value is -0.220. The highest BCUT2D eigenvalue weighted by molar-refractivity contribution is 8.14. The number of ether oxygens (including phenoxy) is 1. The molecule has 0 spiro atoms. The highest BCUT2D eigenvalue weighted by Gasteiger charge is 2.35. The summed E-state index contributed by atoms with van der Waals surface area (Å²) in [6, 6.07) is 0.526. The van der Waals surface area contributed by atoms with Crippen molar-refractivity contribution in [2.45, 2.75) is 83.6 Å². The summed E-state index contributed by atoms with van der Waals surface area (Å²) in [6.45, 7) is 13.3. The molecule has 2 heterocycles. The molecule has 0 amide bonds. The molecule has 1 fully saturated rings. The standard InChI is InChI=1S/C17H32N2OS/c1-6-17(7-2)10-13(8-9-20-17)19-15-18-12-14(21-15)11-16(3,4)5/h13-14H,6-12H2,1-5H3,(H,18,19). The van der Waals surface area contributed by atoms with E-state index in [4.69, 9.17) is 9.73 Å². The molecule has 1 N–H and O–H groups in total. The lowest BCUT2D eigenvalue weighted by atomic mass is 9.86. The molecule has 1 saturated heterocycles. The Bertz CT molecular complexity index is 371. The minimum Gasteiger partial charge on any atom is -0.375 e. The third-order valence-electron chi connectivity index (χ3n) is 4.67. The summed E-state index contributed by atoms with van der Waals surface area (Å²) in [5, 5.41) is 5.50. The van der Waals surface area contributed by atoms with Gasteiger partial charge in [-0.05, 0) is 37.5 Å². The van der Waals surface area contributed by atoms with Crippen molar-refractivity contribution in [1.29, 1.82) is 0 Å². The molecule has 122 valence electrons. The molecule has 0 bridgehead atoms. The van der Waals surface area contributed by atoms with Crippen LogP contribution in [0.25, 0.3) is 0 Å². The zero-order valence-corrected chi connectivity index (χ0v) is 15.2. The molecular formula is C17H32N2OS. The van der Waals surface area contributed by atoms with Gasteiger partial charge < -0.3 is 10.1 Å². The molecule has 0 radical (unpaired) electrons. The van der Waals surface area contributed by atoms with Crippen molar-refractivity contribution in [2.24, 2.45) is 10.4 Å². The van der Waals surface area contributed by atoms with E-state index in [9.17, 15) is 0 Å². The first kappa shape index (κ1) is 17.1. The minimum absolute atomic E-state index is 0.0879. The van der Waals surface area contributed by atoms with Crippen molar-refractivity contribution >= 4 is 16.9 Å². The maximum atomic E-state index is 6.06. The quantitative estimate of drug-likeness (QED) is 0.844. The maximum absolute atomic E-state index is 6.06. The van der Waals surface area contributed by atoms with Gasteiger partial charge in [0.1, 0.15) is 0 Å².